The Morgan fingerprint density at radius 1 is 1.45 bits per heavy atom. The van der Waals surface area contributed by atoms with E-state index in [0.717, 1.165) is 5.57 Å². The summed E-state index contributed by atoms with van der Waals surface area (Å²) in [6.07, 6.45) is 2.60. The largest absolute Gasteiger partial charge is 0.466 e. The Labute approximate surface area is 130 Å². The van der Waals surface area contributed by atoms with Crippen molar-refractivity contribution in [1.82, 2.24) is 0 Å². The Morgan fingerprint density at radius 2 is 2.09 bits per heavy atom. The van der Waals surface area contributed by atoms with Gasteiger partial charge >= 0.3 is 11.9 Å². The van der Waals surface area contributed by atoms with Gasteiger partial charge < -0.3 is 14.2 Å². The monoisotopic (exact) mass is 306 g/mol. The van der Waals surface area contributed by atoms with Crippen LogP contribution in [0.25, 0.3) is 0 Å². The van der Waals surface area contributed by atoms with E-state index in [1.54, 1.807) is 13.0 Å². The van der Waals surface area contributed by atoms with Gasteiger partial charge in [0.1, 0.15) is 0 Å². The van der Waals surface area contributed by atoms with Crippen molar-refractivity contribution < 1.29 is 23.8 Å². The van der Waals surface area contributed by atoms with Gasteiger partial charge in [0.2, 0.25) is 5.79 Å². The molecule has 120 valence electrons. The van der Waals surface area contributed by atoms with Crippen LogP contribution >= 0.6 is 0 Å². The number of ether oxygens (including phenoxy) is 3. The average molecular weight is 306 g/mol. The van der Waals surface area contributed by atoms with Gasteiger partial charge in [-0.05, 0) is 18.8 Å². The summed E-state index contributed by atoms with van der Waals surface area (Å²) in [4.78, 5) is 23.9. The molecule has 1 aliphatic carbocycles. The lowest BCUT2D eigenvalue weighted by Crippen LogP contribution is -2.48. The lowest BCUT2D eigenvalue weighted by atomic mass is 9.61. The first kappa shape index (κ1) is 16.5. The minimum Gasteiger partial charge on any atom is -0.466 e. The molecule has 0 amide bonds. The van der Waals surface area contributed by atoms with Gasteiger partial charge in [-0.25, -0.2) is 9.59 Å². The fourth-order valence-electron chi connectivity index (χ4n) is 3.46. The number of fused-ring (bicyclic) bond motifs is 1. The highest BCUT2D eigenvalue weighted by molar-refractivity contribution is 5.93. The molecule has 1 saturated carbocycles. The third-order valence-corrected chi connectivity index (χ3v) is 4.96. The topological polar surface area (TPSA) is 61.8 Å². The van der Waals surface area contributed by atoms with Crippen LogP contribution in [-0.2, 0) is 23.8 Å². The zero-order valence-electron chi connectivity index (χ0n) is 13.5. The molecule has 0 aromatic heterocycles. The molecular formula is C17H22O5. The molecule has 0 aromatic rings. The fourth-order valence-corrected chi connectivity index (χ4v) is 3.46. The highest BCUT2D eigenvalue weighted by atomic mass is 16.7. The maximum Gasteiger partial charge on any atom is 0.336 e. The Hall–Kier alpha value is -1.88. The molecule has 1 fully saturated rings. The van der Waals surface area contributed by atoms with Crippen LogP contribution < -0.4 is 0 Å². The molecule has 0 radical (unpaired) electrons. The summed E-state index contributed by atoms with van der Waals surface area (Å²) in [5, 5.41) is 0. The van der Waals surface area contributed by atoms with E-state index in [1.807, 2.05) is 6.92 Å². The molecule has 0 unspecified atom stereocenters. The average Bonchev–Trinajstić information content (AvgIpc) is 2.75. The van der Waals surface area contributed by atoms with E-state index in [-0.39, 0.29) is 11.9 Å². The molecule has 2 rings (SSSR count). The molecule has 0 spiro atoms. The maximum atomic E-state index is 12.0. The van der Waals surface area contributed by atoms with Crippen molar-refractivity contribution in [3.8, 4) is 0 Å². The van der Waals surface area contributed by atoms with Crippen LogP contribution in [-0.4, -0.2) is 31.9 Å². The second-order valence-electron chi connectivity index (χ2n) is 6.11. The number of carbonyl (C=O) groups is 2. The summed E-state index contributed by atoms with van der Waals surface area (Å²) in [5.74, 6) is -2.13. The summed E-state index contributed by atoms with van der Waals surface area (Å²) in [6, 6.07) is 0. The first-order valence-corrected chi connectivity index (χ1v) is 7.14. The number of hydrogen-bond donors (Lipinski definition) is 0. The highest BCUT2D eigenvalue weighted by Gasteiger charge is 2.57. The molecule has 1 heterocycles. The van der Waals surface area contributed by atoms with Gasteiger partial charge in [-0.3, -0.25) is 0 Å². The number of carbonyl (C=O) groups excluding carboxylic acids is 2. The predicted octanol–water partition coefficient (Wildman–Crippen LogP) is 2.53. The fraction of sp³-hybridized carbons (Fsp3) is 0.529. The first-order chi connectivity index (χ1) is 10.2. The second kappa shape index (κ2) is 5.39. The second-order valence-corrected chi connectivity index (χ2v) is 6.11. The Kier molecular flexibility index (Phi) is 4.04. The van der Waals surface area contributed by atoms with Crippen molar-refractivity contribution in [2.24, 2.45) is 11.3 Å². The van der Waals surface area contributed by atoms with Gasteiger partial charge in [-0.1, -0.05) is 19.6 Å². The Bertz CT molecular complexity index is 588. The minimum atomic E-state index is -1.07. The van der Waals surface area contributed by atoms with Crippen LogP contribution in [0.3, 0.4) is 0 Å². The van der Waals surface area contributed by atoms with E-state index >= 15 is 0 Å². The minimum absolute atomic E-state index is 0.222. The molecule has 0 saturated heterocycles. The van der Waals surface area contributed by atoms with Crippen LogP contribution in [0.5, 0.6) is 0 Å². The third-order valence-electron chi connectivity index (χ3n) is 4.96. The van der Waals surface area contributed by atoms with E-state index in [9.17, 15) is 9.59 Å². The summed E-state index contributed by atoms with van der Waals surface area (Å²) < 4.78 is 15.9. The third kappa shape index (κ3) is 2.20. The van der Waals surface area contributed by atoms with Gasteiger partial charge in [0.15, 0.2) is 0 Å². The normalized spacial score (nSPS) is 34.0. The molecule has 5 heteroatoms. The van der Waals surface area contributed by atoms with Gasteiger partial charge in [0.05, 0.1) is 7.11 Å². The maximum absolute atomic E-state index is 12.0. The predicted molar refractivity (Wildman–Crippen MR) is 80.7 cm³/mol. The van der Waals surface area contributed by atoms with E-state index in [1.165, 1.54) is 14.2 Å². The lowest BCUT2D eigenvalue weighted by Gasteiger charge is -2.47. The van der Waals surface area contributed by atoms with E-state index in [4.69, 9.17) is 14.2 Å². The van der Waals surface area contributed by atoms with E-state index in [0.29, 0.717) is 24.0 Å². The smallest absolute Gasteiger partial charge is 0.336 e. The van der Waals surface area contributed by atoms with Crippen LogP contribution in [0.4, 0.5) is 0 Å². The van der Waals surface area contributed by atoms with Crippen molar-refractivity contribution in [2.45, 2.75) is 32.5 Å². The summed E-state index contributed by atoms with van der Waals surface area (Å²) in [7, 11) is 2.85. The van der Waals surface area contributed by atoms with Gasteiger partial charge in [0, 0.05) is 36.2 Å². The molecule has 0 bridgehead atoms. The first-order valence-electron chi connectivity index (χ1n) is 7.14. The van der Waals surface area contributed by atoms with Gasteiger partial charge in [-0.2, -0.15) is 0 Å². The molecule has 5 nitrogen and oxygen atoms in total. The summed E-state index contributed by atoms with van der Waals surface area (Å²) in [6.45, 7) is 11.4. The Balaban J connectivity index is 2.50. The van der Waals surface area contributed by atoms with Crippen molar-refractivity contribution >= 4 is 11.9 Å². The molecule has 3 atom stereocenters. The van der Waals surface area contributed by atoms with Gasteiger partial charge in [-0.15, -0.1) is 6.58 Å². The summed E-state index contributed by atoms with van der Waals surface area (Å²) >= 11 is 0. The van der Waals surface area contributed by atoms with Crippen molar-refractivity contribution in [3.05, 3.63) is 36.0 Å². The van der Waals surface area contributed by atoms with E-state index in [2.05, 4.69) is 13.2 Å². The molecule has 22 heavy (non-hydrogen) atoms. The molecule has 0 N–H and O–H groups in total. The Morgan fingerprint density at radius 3 is 2.59 bits per heavy atom. The van der Waals surface area contributed by atoms with Crippen LogP contribution in [0.2, 0.25) is 0 Å². The number of methoxy groups -OCH3 is 2. The van der Waals surface area contributed by atoms with Crippen LogP contribution in [0.15, 0.2) is 36.0 Å². The molecular weight excluding hydrogens is 284 g/mol. The highest BCUT2D eigenvalue weighted by Crippen LogP contribution is 2.55. The van der Waals surface area contributed by atoms with Crippen molar-refractivity contribution in [3.63, 3.8) is 0 Å². The van der Waals surface area contributed by atoms with Crippen molar-refractivity contribution in [1.29, 1.82) is 0 Å². The standard InChI is InChI=1S/C17H22O5/c1-7-16(4)9-17(21-6)13(11(3)15(19)22-17)8-12(16)10(2)14(18)20-5/h7,12H,1-2,8-9H2,3-6H3/t12-,16+,17-/m0/s1. The number of esters is 2. The van der Waals surface area contributed by atoms with Crippen LogP contribution in [0, 0.1) is 11.3 Å². The number of allylic oxidation sites excluding steroid dienone is 1. The van der Waals surface area contributed by atoms with Crippen molar-refractivity contribution in [2.75, 3.05) is 14.2 Å². The van der Waals surface area contributed by atoms with Gasteiger partial charge in [0.25, 0.3) is 0 Å². The zero-order chi connectivity index (χ0) is 16.7. The summed E-state index contributed by atoms with van der Waals surface area (Å²) in [5.41, 5.74) is 1.18. The number of hydrogen-bond acceptors (Lipinski definition) is 5. The SMILES string of the molecule is C=C[C@]1(C)C[C@]2(OC)OC(=O)C(C)=C2C[C@H]1C(=C)C(=O)OC. The van der Waals surface area contributed by atoms with Crippen LogP contribution in [0.1, 0.15) is 26.7 Å². The molecule has 2 aliphatic rings. The van der Waals surface area contributed by atoms with E-state index < -0.39 is 17.2 Å². The molecule has 1 aliphatic heterocycles. The lowest BCUT2D eigenvalue weighted by molar-refractivity contribution is -0.210. The quantitative estimate of drug-likeness (QED) is 0.454. The zero-order valence-corrected chi connectivity index (χ0v) is 13.5. The molecule has 0 aromatic carbocycles. The number of rotatable bonds is 4.